The first-order valence-electron chi connectivity index (χ1n) is 5.15. The fourth-order valence-corrected chi connectivity index (χ4v) is 2.43. The highest BCUT2D eigenvalue weighted by atomic mass is 32.2. The average Bonchev–Trinajstić information content (AvgIpc) is 2.25. The smallest absolute Gasteiger partial charge is 0.303 e. The van der Waals surface area contributed by atoms with Gasteiger partial charge in [0.15, 0.2) is 0 Å². The van der Waals surface area contributed by atoms with Gasteiger partial charge in [-0.1, -0.05) is 12.1 Å². The zero-order chi connectivity index (χ0) is 13.8. The maximum atomic E-state index is 11.7. The molecule has 1 amide bonds. The van der Waals surface area contributed by atoms with Crippen molar-refractivity contribution in [2.75, 3.05) is 0 Å². The Balaban J connectivity index is 2.94. The van der Waals surface area contributed by atoms with E-state index in [0.29, 0.717) is 5.56 Å². The lowest BCUT2D eigenvalue weighted by molar-refractivity contribution is -0.137. The molecule has 0 unspecified atom stereocenters. The molecule has 0 saturated carbocycles. The van der Waals surface area contributed by atoms with Crippen molar-refractivity contribution in [3.63, 3.8) is 0 Å². The zero-order valence-corrected chi connectivity index (χ0v) is 10.5. The van der Waals surface area contributed by atoms with Gasteiger partial charge in [0.2, 0.25) is 5.91 Å². The van der Waals surface area contributed by atoms with E-state index in [2.05, 4.69) is 0 Å². The Morgan fingerprint density at radius 3 is 2.56 bits per heavy atom. The van der Waals surface area contributed by atoms with Crippen LogP contribution in [0.4, 0.5) is 0 Å². The summed E-state index contributed by atoms with van der Waals surface area (Å²) in [5.74, 6) is -1.63. The molecule has 1 aromatic carbocycles. The number of sulfonamides is 1. The summed E-state index contributed by atoms with van der Waals surface area (Å²) in [6, 6.07) is 5.84. The predicted octanol–water partition coefficient (Wildman–Crippen LogP) is 0.529. The van der Waals surface area contributed by atoms with Gasteiger partial charge in [-0.05, 0) is 24.1 Å². The van der Waals surface area contributed by atoms with Crippen molar-refractivity contribution in [1.29, 1.82) is 0 Å². The molecule has 7 heteroatoms. The minimum Gasteiger partial charge on any atom is -0.481 e. The standard InChI is InChI=1S/C11H13NO5S/c1-8(13)12-18(16,17)10-4-2-3-9(7-10)5-6-11(14)15/h2-4,7H,5-6H2,1H3,(H,12,13)(H,14,15). The summed E-state index contributed by atoms with van der Waals surface area (Å²) in [6.45, 7) is 1.10. The first-order valence-corrected chi connectivity index (χ1v) is 6.64. The number of hydrogen-bond acceptors (Lipinski definition) is 4. The number of carbonyl (C=O) groups is 2. The van der Waals surface area contributed by atoms with Crippen LogP contribution in [0.15, 0.2) is 29.2 Å². The van der Waals surface area contributed by atoms with Gasteiger partial charge in [-0.2, -0.15) is 0 Å². The van der Waals surface area contributed by atoms with E-state index in [1.807, 2.05) is 4.72 Å². The average molecular weight is 271 g/mol. The summed E-state index contributed by atoms with van der Waals surface area (Å²) in [6.07, 6.45) is 0.155. The molecule has 0 aliphatic carbocycles. The largest absolute Gasteiger partial charge is 0.481 e. The van der Waals surface area contributed by atoms with E-state index in [0.717, 1.165) is 6.92 Å². The van der Waals surface area contributed by atoms with Crippen LogP contribution in [0.5, 0.6) is 0 Å². The molecule has 0 heterocycles. The molecule has 0 fully saturated rings. The van der Waals surface area contributed by atoms with Crippen LogP contribution in [0.1, 0.15) is 18.9 Å². The molecule has 18 heavy (non-hydrogen) atoms. The van der Waals surface area contributed by atoms with Crippen molar-refractivity contribution in [3.05, 3.63) is 29.8 Å². The first-order chi connectivity index (χ1) is 8.31. The first kappa shape index (κ1) is 14.2. The van der Waals surface area contributed by atoms with Crippen LogP contribution in [0.2, 0.25) is 0 Å². The number of carboxylic acids is 1. The number of aliphatic carboxylic acids is 1. The number of benzene rings is 1. The van der Waals surface area contributed by atoms with Crippen molar-refractivity contribution in [3.8, 4) is 0 Å². The van der Waals surface area contributed by atoms with Crippen molar-refractivity contribution in [2.45, 2.75) is 24.7 Å². The topological polar surface area (TPSA) is 101 Å². The minimum atomic E-state index is -3.87. The summed E-state index contributed by atoms with van der Waals surface area (Å²) in [5.41, 5.74) is 0.587. The number of nitrogens with one attached hydrogen (secondary N) is 1. The molecule has 98 valence electrons. The Hall–Kier alpha value is -1.89. The van der Waals surface area contributed by atoms with Gasteiger partial charge in [-0.15, -0.1) is 0 Å². The van der Waals surface area contributed by atoms with Gasteiger partial charge in [0, 0.05) is 13.3 Å². The summed E-state index contributed by atoms with van der Waals surface area (Å²) < 4.78 is 25.2. The number of carbonyl (C=O) groups excluding carboxylic acids is 1. The molecule has 0 saturated heterocycles. The number of amides is 1. The highest BCUT2D eigenvalue weighted by Crippen LogP contribution is 2.12. The van der Waals surface area contributed by atoms with Gasteiger partial charge >= 0.3 is 5.97 Å². The maximum Gasteiger partial charge on any atom is 0.303 e. The van der Waals surface area contributed by atoms with E-state index in [1.165, 1.54) is 18.2 Å². The second-order valence-electron chi connectivity index (χ2n) is 3.70. The summed E-state index contributed by atoms with van der Waals surface area (Å²) in [7, 11) is -3.87. The van der Waals surface area contributed by atoms with Gasteiger partial charge < -0.3 is 5.11 Å². The lowest BCUT2D eigenvalue weighted by Crippen LogP contribution is -2.28. The molecule has 0 spiro atoms. The molecule has 0 aliphatic rings. The van der Waals surface area contributed by atoms with Crippen LogP contribution in [-0.2, 0) is 26.0 Å². The van der Waals surface area contributed by atoms with E-state index < -0.39 is 21.9 Å². The fourth-order valence-electron chi connectivity index (χ4n) is 1.37. The Labute approximate surface area is 105 Å². The lowest BCUT2D eigenvalue weighted by atomic mass is 10.1. The minimum absolute atomic E-state index is 0.0550. The number of carboxylic acid groups (broad SMARTS) is 1. The second kappa shape index (κ2) is 5.63. The molecule has 0 radical (unpaired) electrons. The van der Waals surface area contributed by atoms with E-state index in [-0.39, 0.29) is 17.7 Å². The molecule has 0 aliphatic heterocycles. The SMILES string of the molecule is CC(=O)NS(=O)(=O)c1cccc(CCC(=O)O)c1. The highest BCUT2D eigenvalue weighted by Gasteiger charge is 2.15. The van der Waals surface area contributed by atoms with Gasteiger partial charge in [-0.3, -0.25) is 9.59 Å². The van der Waals surface area contributed by atoms with Crippen LogP contribution in [0, 0.1) is 0 Å². The molecule has 6 nitrogen and oxygen atoms in total. The third-order valence-electron chi connectivity index (χ3n) is 2.11. The molecule has 0 bridgehead atoms. The quantitative estimate of drug-likeness (QED) is 0.813. The molecule has 1 aromatic rings. The molecular formula is C11H13NO5S. The number of rotatable bonds is 5. The van der Waals surface area contributed by atoms with Gasteiger partial charge in [0.1, 0.15) is 0 Å². The highest BCUT2D eigenvalue weighted by molar-refractivity contribution is 7.90. The maximum absolute atomic E-state index is 11.7. The third-order valence-corrected chi connectivity index (χ3v) is 3.55. The zero-order valence-electron chi connectivity index (χ0n) is 9.71. The van der Waals surface area contributed by atoms with Crippen LogP contribution < -0.4 is 4.72 Å². The van der Waals surface area contributed by atoms with Crippen LogP contribution in [-0.4, -0.2) is 25.4 Å². The summed E-state index contributed by atoms with van der Waals surface area (Å²) >= 11 is 0. The molecule has 0 aromatic heterocycles. The summed E-state index contributed by atoms with van der Waals surface area (Å²) in [5, 5.41) is 8.55. The van der Waals surface area contributed by atoms with Gasteiger partial charge in [0.25, 0.3) is 10.0 Å². The molecule has 0 atom stereocenters. The molecule has 2 N–H and O–H groups in total. The molecular weight excluding hydrogens is 258 g/mol. The lowest BCUT2D eigenvalue weighted by Gasteiger charge is -2.06. The van der Waals surface area contributed by atoms with Crippen molar-refractivity contribution in [2.24, 2.45) is 0 Å². The van der Waals surface area contributed by atoms with Crippen molar-refractivity contribution in [1.82, 2.24) is 4.72 Å². The van der Waals surface area contributed by atoms with Gasteiger partial charge in [-0.25, -0.2) is 13.1 Å². The van der Waals surface area contributed by atoms with E-state index >= 15 is 0 Å². The van der Waals surface area contributed by atoms with Crippen LogP contribution in [0.25, 0.3) is 0 Å². The number of aryl methyl sites for hydroxylation is 1. The van der Waals surface area contributed by atoms with Crippen LogP contribution >= 0.6 is 0 Å². The van der Waals surface area contributed by atoms with E-state index in [1.54, 1.807) is 6.07 Å². The number of hydrogen-bond donors (Lipinski definition) is 2. The monoisotopic (exact) mass is 271 g/mol. The Morgan fingerprint density at radius 1 is 1.33 bits per heavy atom. The third kappa shape index (κ3) is 4.17. The van der Waals surface area contributed by atoms with Gasteiger partial charge in [0.05, 0.1) is 4.90 Å². The van der Waals surface area contributed by atoms with Crippen molar-refractivity contribution >= 4 is 21.9 Å². The molecule has 1 rings (SSSR count). The Bertz CT molecular complexity index is 565. The normalized spacial score (nSPS) is 10.9. The van der Waals surface area contributed by atoms with E-state index in [9.17, 15) is 18.0 Å². The van der Waals surface area contributed by atoms with Crippen molar-refractivity contribution < 1.29 is 23.1 Å². The second-order valence-corrected chi connectivity index (χ2v) is 5.39. The predicted molar refractivity (Wildman–Crippen MR) is 63.4 cm³/mol. The van der Waals surface area contributed by atoms with E-state index in [4.69, 9.17) is 5.11 Å². The Morgan fingerprint density at radius 2 is 2.00 bits per heavy atom. The van der Waals surface area contributed by atoms with Crippen LogP contribution in [0.3, 0.4) is 0 Å². The fraction of sp³-hybridized carbons (Fsp3) is 0.273. The Kier molecular flexibility index (Phi) is 4.43. The summed E-state index contributed by atoms with van der Waals surface area (Å²) in [4.78, 5) is 21.1.